The molecule has 0 saturated carbocycles. The fourth-order valence-corrected chi connectivity index (χ4v) is 2.76. The van der Waals surface area contributed by atoms with Crippen LogP contribution in [0.5, 0.6) is 5.75 Å². The normalized spacial score (nSPS) is 13.1. The monoisotopic (exact) mass is 397 g/mol. The molecule has 0 aliphatic rings. The van der Waals surface area contributed by atoms with Crippen LogP contribution in [0.25, 0.3) is 5.52 Å². The number of amides is 2. The van der Waals surface area contributed by atoms with E-state index in [1.54, 1.807) is 36.0 Å². The van der Waals surface area contributed by atoms with Crippen LogP contribution in [0.15, 0.2) is 36.7 Å². The highest BCUT2D eigenvalue weighted by Crippen LogP contribution is 2.22. The minimum absolute atomic E-state index is 0.272. The van der Waals surface area contributed by atoms with Gasteiger partial charge < -0.3 is 20.9 Å². The van der Waals surface area contributed by atoms with Crippen molar-refractivity contribution in [1.82, 2.24) is 19.9 Å². The maximum atomic E-state index is 12.8. The van der Waals surface area contributed by atoms with Crippen LogP contribution in [0.2, 0.25) is 0 Å². The minimum Gasteiger partial charge on any atom is -0.489 e. The standard InChI is InChI=1S/C20H23N5O4/c1-12-4-5-14(9-22-12)10-29-15-6-7-25-16(8-15)17(13(2)24-25)18(27)23-20(3,11-26)19(21)28/h4-9,26H,10-11H2,1-3H3,(H2,21,28)(H,23,27). The molecular formula is C20H23N5O4. The number of aliphatic hydroxyl groups is 1. The Kier molecular flexibility index (Phi) is 5.51. The third-order valence-electron chi connectivity index (χ3n) is 4.64. The highest BCUT2D eigenvalue weighted by atomic mass is 16.5. The number of aliphatic hydroxyl groups excluding tert-OH is 1. The third-order valence-corrected chi connectivity index (χ3v) is 4.64. The zero-order valence-electron chi connectivity index (χ0n) is 16.5. The van der Waals surface area contributed by atoms with Crippen LogP contribution in [-0.4, -0.2) is 43.7 Å². The average Bonchev–Trinajstić information content (AvgIpc) is 3.02. The molecule has 0 bridgehead atoms. The van der Waals surface area contributed by atoms with E-state index in [2.05, 4.69) is 15.4 Å². The minimum atomic E-state index is -1.58. The number of pyridine rings is 2. The molecule has 9 heteroatoms. The number of fused-ring (bicyclic) bond motifs is 1. The number of nitrogens with one attached hydrogen (secondary N) is 1. The molecule has 2 amide bonds. The van der Waals surface area contributed by atoms with Crippen molar-refractivity contribution >= 4 is 17.3 Å². The summed E-state index contributed by atoms with van der Waals surface area (Å²) in [5.74, 6) is -0.849. The Bertz CT molecular complexity index is 1060. The molecular weight excluding hydrogens is 374 g/mol. The Morgan fingerprint density at radius 1 is 1.31 bits per heavy atom. The second-order valence-corrected chi connectivity index (χ2v) is 7.06. The summed E-state index contributed by atoms with van der Waals surface area (Å²) in [6.45, 7) is 4.65. The lowest BCUT2D eigenvalue weighted by Gasteiger charge is -2.24. The number of rotatable bonds is 7. The lowest BCUT2D eigenvalue weighted by atomic mass is 10.0. The SMILES string of the molecule is Cc1ccc(COc2ccn3nc(C)c(C(=O)NC(C)(CO)C(N)=O)c3c2)cn1. The van der Waals surface area contributed by atoms with Crippen molar-refractivity contribution in [3.05, 3.63) is 59.2 Å². The lowest BCUT2D eigenvalue weighted by Crippen LogP contribution is -2.57. The summed E-state index contributed by atoms with van der Waals surface area (Å²) in [5.41, 5.74) is 6.80. The summed E-state index contributed by atoms with van der Waals surface area (Å²) in [5, 5.41) is 16.3. The zero-order valence-corrected chi connectivity index (χ0v) is 16.5. The fraction of sp³-hybridized carbons (Fsp3) is 0.300. The van der Waals surface area contributed by atoms with Gasteiger partial charge in [0.05, 0.1) is 23.4 Å². The first-order valence-electron chi connectivity index (χ1n) is 9.00. The summed E-state index contributed by atoms with van der Waals surface area (Å²) < 4.78 is 7.36. The van der Waals surface area contributed by atoms with Crippen molar-refractivity contribution < 1.29 is 19.4 Å². The largest absolute Gasteiger partial charge is 0.489 e. The number of aryl methyl sites for hydroxylation is 2. The highest BCUT2D eigenvalue weighted by Gasteiger charge is 2.33. The van der Waals surface area contributed by atoms with Gasteiger partial charge in [0.15, 0.2) is 0 Å². The molecule has 0 spiro atoms. The van der Waals surface area contributed by atoms with Gasteiger partial charge in [-0.3, -0.25) is 14.6 Å². The maximum Gasteiger partial charge on any atom is 0.256 e. The number of carbonyl (C=O) groups excluding carboxylic acids is 2. The summed E-state index contributed by atoms with van der Waals surface area (Å²) in [4.78, 5) is 28.6. The Morgan fingerprint density at radius 3 is 2.69 bits per heavy atom. The molecule has 3 aromatic rings. The van der Waals surface area contributed by atoms with Crippen LogP contribution in [0.4, 0.5) is 0 Å². The zero-order chi connectivity index (χ0) is 21.2. The van der Waals surface area contributed by atoms with E-state index in [1.807, 2.05) is 19.1 Å². The molecule has 0 aliphatic heterocycles. The molecule has 0 saturated heterocycles. The summed E-state index contributed by atoms with van der Waals surface area (Å²) in [7, 11) is 0. The first kappa shape index (κ1) is 20.3. The van der Waals surface area contributed by atoms with Gasteiger partial charge >= 0.3 is 0 Å². The van der Waals surface area contributed by atoms with E-state index in [9.17, 15) is 14.7 Å². The van der Waals surface area contributed by atoms with Crippen molar-refractivity contribution in [3.8, 4) is 5.75 Å². The topological polar surface area (TPSA) is 132 Å². The quantitative estimate of drug-likeness (QED) is 0.542. The molecule has 9 nitrogen and oxygen atoms in total. The van der Waals surface area contributed by atoms with Gasteiger partial charge in [0, 0.05) is 29.7 Å². The number of hydrogen-bond acceptors (Lipinski definition) is 6. The molecule has 0 radical (unpaired) electrons. The maximum absolute atomic E-state index is 12.8. The molecule has 1 atom stereocenters. The van der Waals surface area contributed by atoms with Crippen molar-refractivity contribution in [2.24, 2.45) is 5.73 Å². The van der Waals surface area contributed by atoms with E-state index in [4.69, 9.17) is 10.5 Å². The van der Waals surface area contributed by atoms with Crippen molar-refractivity contribution in [3.63, 3.8) is 0 Å². The van der Waals surface area contributed by atoms with Crippen LogP contribution >= 0.6 is 0 Å². The van der Waals surface area contributed by atoms with Gasteiger partial charge in [0.2, 0.25) is 5.91 Å². The lowest BCUT2D eigenvalue weighted by molar-refractivity contribution is -0.124. The van der Waals surface area contributed by atoms with Crippen molar-refractivity contribution in [1.29, 1.82) is 0 Å². The highest BCUT2D eigenvalue weighted by molar-refractivity contribution is 6.04. The van der Waals surface area contributed by atoms with Gasteiger partial charge in [-0.1, -0.05) is 6.07 Å². The Hall–Kier alpha value is -3.46. The van der Waals surface area contributed by atoms with Crippen LogP contribution in [-0.2, 0) is 11.4 Å². The van der Waals surface area contributed by atoms with Crippen LogP contribution < -0.4 is 15.8 Å². The Labute approximate surface area is 167 Å². The molecule has 4 N–H and O–H groups in total. The van der Waals surface area contributed by atoms with Crippen LogP contribution in [0.1, 0.15) is 34.2 Å². The number of aromatic nitrogens is 3. The average molecular weight is 397 g/mol. The second kappa shape index (κ2) is 7.88. The molecule has 3 heterocycles. The van der Waals surface area contributed by atoms with Gasteiger partial charge in [-0.15, -0.1) is 0 Å². The van der Waals surface area contributed by atoms with E-state index in [0.717, 1.165) is 11.3 Å². The number of nitrogens with two attached hydrogens (primary N) is 1. The van der Waals surface area contributed by atoms with Gasteiger partial charge in [0.25, 0.3) is 5.91 Å². The molecule has 3 aromatic heterocycles. The molecule has 152 valence electrons. The molecule has 29 heavy (non-hydrogen) atoms. The number of primary amides is 1. The predicted octanol–water partition coefficient (Wildman–Crippen LogP) is 0.891. The molecule has 0 fully saturated rings. The molecule has 1 unspecified atom stereocenters. The number of hydrogen-bond donors (Lipinski definition) is 3. The summed E-state index contributed by atoms with van der Waals surface area (Å²) in [6.07, 6.45) is 3.43. The van der Waals surface area contributed by atoms with Crippen LogP contribution in [0, 0.1) is 13.8 Å². The summed E-state index contributed by atoms with van der Waals surface area (Å²) in [6, 6.07) is 7.27. The van der Waals surface area contributed by atoms with Gasteiger partial charge in [-0.05, 0) is 32.9 Å². The van der Waals surface area contributed by atoms with Crippen LogP contribution in [0.3, 0.4) is 0 Å². The van der Waals surface area contributed by atoms with Crippen molar-refractivity contribution in [2.75, 3.05) is 6.61 Å². The number of carbonyl (C=O) groups is 2. The third kappa shape index (κ3) is 4.19. The van der Waals surface area contributed by atoms with Crippen molar-refractivity contribution in [2.45, 2.75) is 32.9 Å². The van der Waals surface area contributed by atoms with Gasteiger partial charge in [-0.25, -0.2) is 4.52 Å². The molecule has 0 aromatic carbocycles. The van der Waals surface area contributed by atoms with E-state index >= 15 is 0 Å². The Morgan fingerprint density at radius 2 is 2.07 bits per heavy atom. The number of nitrogens with zero attached hydrogens (tertiary/aromatic N) is 3. The first-order chi connectivity index (χ1) is 13.7. The molecule has 3 rings (SSSR count). The van der Waals surface area contributed by atoms with E-state index in [1.165, 1.54) is 6.92 Å². The fourth-order valence-electron chi connectivity index (χ4n) is 2.76. The summed E-state index contributed by atoms with van der Waals surface area (Å²) >= 11 is 0. The van der Waals surface area contributed by atoms with E-state index in [0.29, 0.717) is 23.6 Å². The van der Waals surface area contributed by atoms with Gasteiger partial charge in [0.1, 0.15) is 17.9 Å². The van der Waals surface area contributed by atoms with Gasteiger partial charge in [-0.2, -0.15) is 5.10 Å². The Balaban J connectivity index is 1.87. The molecule has 0 aliphatic carbocycles. The first-order valence-corrected chi connectivity index (χ1v) is 9.00. The van der Waals surface area contributed by atoms with E-state index in [-0.39, 0.29) is 5.56 Å². The smallest absolute Gasteiger partial charge is 0.256 e. The number of ether oxygens (including phenoxy) is 1. The van der Waals surface area contributed by atoms with E-state index < -0.39 is 24.0 Å². The predicted molar refractivity (Wildman–Crippen MR) is 105 cm³/mol. The second-order valence-electron chi connectivity index (χ2n) is 7.06.